The molecule has 92 valence electrons. The molecule has 0 spiro atoms. The number of benzene rings is 1. The van der Waals surface area contributed by atoms with Gasteiger partial charge in [0.1, 0.15) is 0 Å². The molecule has 1 heterocycles. The van der Waals surface area contributed by atoms with Gasteiger partial charge >= 0.3 is 0 Å². The summed E-state index contributed by atoms with van der Waals surface area (Å²) in [4.78, 5) is 13.2. The largest absolute Gasteiger partial charge is 0.344 e. The summed E-state index contributed by atoms with van der Waals surface area (Å²) in [5.74, 6) is 0.262. The molecule has 1 saturated heterocycles. The van der Waals surface area contributed by atoms with Gasteiger partial charge in [-0.05, 0) is 18.9 Å². The number of hydrogen-bond donors (Lipinski definition) is 1. The Bertz CT molecular complexity index is 386. The predicted octanol–water partition coefficient (Wildman–Crippen LogP) is 1.71. The van der Waals surface area contributed by atoms with Crippen molar-refractivity contribution in [1.29, 1.82) is 0 Å². The number of carbonyl (C=O) groups is 1. The topological polar surface area (TPSA) is 32.3 Å². The van der Waals surface area contributed by atoms with E-state index in [0.717, 1.165) is 19.5 Å². The third-order valence-corrected chi connectivity index (χ3v) is 3.34. The number of likely N-dealkylation sites (N-methyl/N-ethyl adjacent to an activating group) is 1. The van der Waals surface area contributed by atoms with Crippen LogP contribution in [0.2, 0.25) is 0 Å². The number of rotatable bonds is 3. The standard InChI is InChI=1S/C14H20N2O/c1-11-3-5-12(6-4-11)9-15-13-7-8-14(17)16(2)10-13/h3-6,13,15H,7-10H2,1-2H3. The molecule has 0 bridgehead atoms. The number of aryl methyl sites for hydroxylation is 1. The molecule has 2 rings (SSSR count). The van der Waals surface area contributed by atoms with Gasteiger partial charge in [-0.3, -0.25) is 4.79 Å². The van der Waals surface area contributed by atoms with Gasteiger partial charge in [-0.2, -0.15) is 0 Å². The van der Waals surface area contributed by atoms with Gasteiger partial charge in [0, 0.05) is 32.6 Å². The molecule has 1 amide bonds. The average Bonchev–Trinajstić information content (AvgIpc) is 2.33. The fraction of sp³-hybridized carbons (Fsp3) is 0.500. The quantitative estimate of drug-likeness (QED) is 0.860. The highest BCUT2D eigenvalue weighted by atomic mass is 16.2. The van der Waals surface area contributed by atoms with Gasteiger partial charge < -0.3 is 10.2 Å². The van der Waals surface area contributed by atoms with Crippen LogP contribution in [-0.2, 0) is 11.3 Å². The fourth-order valence-electron chi connectivity index (χ4n) is 2.15. The third-order valence-electron chi connectivity index (χ3n) is 3.34. The minimum atomic E-state index is 0.262. The van der Waals surface area contributed by atoms with Crippen LogP contribution in [0.1, 0.15) is 24.0 Å². The van der Waals surface area contributed by atoms with Crippen molar-refractivity contribution in [2.24, 2.45) is 0 Å². The summed E-state index contributed by atoms with van der Waals surface area (Å²) < 4.78 is 0. The van der Waals surface area contributed by atoms with E-state index >= 15 is 0 Å². The number of piperidine rings is 1. The van der Waals surface area contributed by atoms with E-state index in [1.165, 1.54) is 11.1 Å². The van der Waals surface area contributed by atoms with E-state index in [-0.39, 0.29) is 5.91 Å². The lowest BCUT2D eigenvalue weighted by atomic mass is 10.1. The number of nitrogens with zero attached hydrogens (tertiary/aromatic N) is 1. The molecule has 3 heteroatoms. The van der Waals surface area contributed by atoms with Crippen LogP contribution in [0.15, 0.2) is 24.3 Å². The maximum atomic E-state index is 11.3. The molecule has 1 aliphatic rings. The van der Waals surface area contributed by atoms with Crippen LogP contribution in [0.3, 0.4) is 0 Å². The molecule has 0 aliphatic carbocycles. The molecule has 1 aromatic rings. The Morgan fingerprint density at radius 3 is 2.71 bits per heavy atom. The lowest BCUT2D eigenvalue weighted by Crippen LogP contribution is -2.46. The van der Waals surface area contributed by atoms with Gasteiger partial charge in [0.05, 0.1) is 0 Å². The summed E-state index contributed by atoms with van der Waals surface area (Å²) in [5, 5.41) is 3.51. The van der Waals surface area contributed by atoms with Crippen LogP contribution in [0.25, 0.3) is 0 Å². The monoisotopic (exact) mass is 232 g/mol. The first-order chi connectivity index (χ1) is 8.15. The number of likely N-dealkylation sites (tertiary alicyclic amines) is 1. The van der Waals surface area contributed by atoms with Crippen molar-refractivity contribution in [3.8, 4) is 0 Å². The second-order valence-electron chi connectivity index (χ2n) is 4.88. The van der Waals surface area contributed by atoms with Gasteiger partial charge in [-0.1, -0.05) is 29.8 Å². The van der Waals surface area contributed by atoms with Gasteiger partial charge in [0.2, 0.25) is 5.91 Å². The van der Waals surface area contributed by atoms with Crippen molar-refractivity contribution < 1.29 is 4.79 Å². The lowest BCUT2D eigenvalue weighted by molar-refractivity contribution is -0.132. The molecule has 0 aromatic heterocycles. The van der Waals surface area contributed by atoms with Crippen molar-refractivity contribution in [2.45, 2.75) is 32.4 Å². The highest BCUT2D eigenvalue weighted by Gasteiger charge is 2.21. The molecule has 1 atom stereocenters. The molecule has 0 radical (unpaired) electrons. The second-order valence-corrected chi connectivity index (χ2v) is 4.88. The molecule has 17 heavy (non-hydrogen) atoms. The summed E-state index contributed by atoms with van der Waals surface area (Å²) in [6, 6.07) is 9.00. The second kappa shape index (κ2) is 5.32. The number of amides is 1. The van der Waals surface area contributed by atoms with Crippen molar-refractivity contribution in [3.05, 3.63) is 35.4 Å². The predicted molar refractivity (Wildman–Crippen MR) is 68.7 cm³/mol. The van der Waals surface area contributed by atoms with Crippen molar-refractivity contribution in [1.82, 2.24) is 10.2 Å². The first-order valence-corrected chi connectivity index (χ1v) is 6.18. The Balaban J connectivity index is 1.82. The zero-order valence-electron chi connectivity index (χ0n) is 10.6. The number of nitrogens with one attached hydrogen (secondary N) is 1. The van der Waals surface area contributed by atoms with Crippen molar-refractivity contribution >= 4 is 5.91 Å². The Labute approximate surface area is 103 Å². The van der Waals surface area contributed by atoms with Gasteiger partial charge in [0.15, 0.2) is 0 Å². The number of carbonyl (C=O) groups excluding carboxylic acids is 1. The maximum Gasteiger partial charge on any atom is 0.222 e. The Hall–Kier alpha value is -1.35. The number of hydrogen-bond acceptors (Lipinski definition) is 2. The molecule has 1 aliphatic heterocycles. The third kappa shape index (κ3) is 3.30. The molecular weight excluding hydrogens is 212 g/mol. The fourth-order valence-corrected chi connectivity index (χ4v) is 2.15. The molecule has 1 N–H and O–H groups in total. The first kappa shape index (κ1) is 12.1. The lowest BCUT2D eigenvalue weighted by Gasteiger charge is -2.30. The van der Waals surface area contributed by atoms with E-state index in [9.17, 15) is 4.79 Å². The summed E-state index contributed by atoms with van der Waals surface area (Å²) in [6.45, 7) is 3.80. The zero-order valence-corrected chi connectivity index (χ0v) is 10.6. The van der Waals surface area contributed by atoms with E-state index in [4.69, 9.17) is 0 Å². The molecular formula is C14H20N2O. The zero-order chi connectivity index (χ0) is 12.3. The molecule has 1 aromatic carbocycles. The highest BCUT2D eigenvalue weighted by Crippen LogP contribution is 2.10. The minimum Gasteiger partial charge on any atom is -0.344 e. The van der Waals surface area contributed by atoms with Crippen molar-refractivity contribution in [3.63, 3.8) is 0 Å². The molecule has 1 unspecified atom stereocenters. The van der Waals surface area contributed by atoms with Gasteiger partial charge in [-0.15, -0.1) is 0 Å². The van der Waals surface area contributed by atoms with E-state index in [2.05, 4.69) is 36.5 Å². The highest BCUT2D eigenvalue weighted by molar-refractivity contribution is 5.76. The summed E-state index contributed by atoms with van der Waals surface area (Å²) in [5.41, 5.74) is 2.59. The van der Waals surface area contributed by atoms with Crippen LogP contribution in [-0.4, -0.2) is 30.4 Å². The molecule has 1 fully saturated rings. The smallest absolute Gasteiger partial charge is 0.222 e. The Morgan fingerprint density at radius 1 is 1.35 bits per heavy atom. The van der Waals surface area contributed by atoms with Gasteiger partial charge in [-0.25, -0.2) is 0 Å². The van der Waals surface area contributed by atoms with E-state index in [0.29, 0.717) is 12.5 Å². The Kier molecular flexibility index (Phi) is 3.79. The van der Waals surface area contributed by atoms with Crippen LogP contribution in [0.4, 0.5) is 0 Å². The van der Waals surface area contributed by atoms with Crippen LogP contribution >= 0.6 is 0 Å². The van der Waals surface area contributed by atoms with Crippen molar-refractivity contribution in [2.75, 3.05) is 13.6 Å². The SMILES string of the molecule is Cc1ccc(CNC2CCC(=O)N(C)C2)cc1. The van der Waals surface area contributed by atoms with Gasteiger partial charge in [0.25, 0.3) is 0 Å². The minimum absolute atomic E-state index is 0.262. The normalized spacial score (nSPS) is 20.7. The van der Waals surface area contributed by atoms with E-state index in [1.807, 2.05) is 11.9 Å². The summed E-state index contributed by atoms with van der Waals surface area (Å²) in [7, 11) is 1.88. The first-order valence-electron chi connectivity index (χ1n) is 6.18. The van der Waals surface area contributed by atoms with Crippen LogP contribution in [0.5, 0.6) is 0 Å². The average molecular weight is 232 g/mol. The van der Waals surface area contributed by atoms with E-state index in [1.54, 1.807) is 0 Å². The Morgan fingerprint density at radius 2 is 2.06 bits per heavy atom. The summed E-state index contributed by atoms with van der Waals surface area (Å²) in [6.07, 6.45) is 1.62. The maximum absolute atomic E-state index is 11.3. The summed E-state index contributed by atoms with van der Waals surface area (Å²) >= 11 is 0. The van der Waals surface area contributed by atoms with Crippen LogP contribution in [0, 0.1) is 6.92 Å². The van der Waals surface area contributed by atoms with E-state index < -0.39 is 0 Å². The molecule has 3 nitrogen and oxygen atoms in total. The van der Waals surface area contributed by atoms with Crippen LogP contribution < -0.4 is 5.32 Å². The molecule has 0 saturated carbocycles.